The summed E-state index contributed by atoms with van der Waals surface area (Å²) in [7, 11) is 0. The second kappa shape index (κ2) is 8.97. The van der Waals surface area contributed by atoms with Gasteiger partial charge in [0.25, 0.3) is 0 Å². The molecule has 0 bridgehead atoms. The van der Waals surface area contributed by atoms with E-state index in [0.717, 1.165) is 16.7 Å². The molecule has 3 aromatic carbocycles. The fourth-order valence-corrected chi connectivity index (χ4v) is 2.93. The lowest BCUT2D eigenvalue weighted by Crippen LogP contribution is -2.31. The van der Waals surface area contributed by atoms with E-state index in [9.17, 15) is 9.90 Å². The highest BCUT2D eigenvalue weighted by Crippen LogP contribution is 2.19. The molecule has 0 saturated heterocycles. The number of amides is 1. The standard InChI is InChI=1S/C23H23NO2/c25-22(21-14-8-3-9-15-21)16-23(26)24(17-19-10-4-1-5-11-19)18-20-12-6-2-7-13-20/h1-15,22,25H,16-18H2/t22-/m0/s1. The Morgan fingerprint density at radius 1 is 0.731 bits per heavy atom. The summed E-state index contributed by atoms with van der Waals surface area (Å²) >= 11 is 0. The van der Waals surface area contributed by atoms with E-state index in [0.29, 0.717) is 13.1 Å². The molecule has 0 aromatic heterocycles. The molecular weight excluding hydrogens is 322 g/mol. The Morgan fingerprint density at radius 2 is 1.15 bits per heavy atom. The van der Waals surface area contributed by atoms with Crippen molar-refractivity contribution < 1.29 is 9.90 Å². The second-order valence-corrected chi connectivity index (χ2v) is 6.35. The number of aliphatic hydroxyl groups excluding tert-OH is 1. The highest BCUT2D eigenvalue weighted by atomic mass is 16.3. The molecule has 0 spiro atoms. The fourth-order valence-electron chi connectivity index (χ4n) is 2.93. The number of hydrogen-bond donors (Lipinski definition) is 1. The van der Waals surface area contributed by atoms with Crippen LogP contribution < -0.4 is 0 Å². The van der Waals surface area contributed by atoms with Gasteiger partial charge in [-0.2, -0.15) is 0 Å². The lowest BCUT2D eigenvalue weighted by Gasteiger charge is -2.24. The van der Waals surface area contributed by atoms with Crippen molar-refractivity contribution in [3.8, 4) is 0 Å². The maximum absolute atomic E-state index is 12.9. The van der Waals surface area contributed by atoms with Crippen LogP contribution in [-0.4, -0.2) is 15.9 Å². The molecule has 1 atom stereocenters. The summed E-state index contributed by atoms with van der Waals surface area (Å²) in [5.41, 5.74) is 2.91. The number of carbonyl (C=O) groups excluding carboxylic acids is 1. The third-order valence-corrected chi connectivity index (χ3v) is 4.34. The van der Waals surface area contributed by atoms with E-state index in [-0.39, 0.29) is 12.3 Å². The highest BCUT2D eigenvalue weighted by Gasteiger charge is 2.19. The zero-order chi connectivity index (χ0) is 18.2. The topological polar surface area (TPSA) is 40.5 Å². The van der Waals surface area contributed by atoms with Crippen LogP contribution in [-0.2, 0) is 17.9 Å². The molecule has 132 valence electrons. The van der Waals surface area contributed by atoms with Gasteiger partial charge in [0, 0.05) is 13.1 Å². The van der Waals surface area contributed by atoms with Crippen molar-refractivity contribution in [2.75, 3.05) is 0 Å². The molecule has 26 heavy (non-hydrogen) atoms. The molecule has 0 unspecified atom stereocenters. The van der Waals surface area contributed by atoms with E-state index < -0.39 is 6.10 Å². The van der Waals surface area contributed by atoms with Crippen LogP contribution in [0.5, 0.6) is 0 Å². The number of benzene rings is 3. The first-order valence-corrected chi connectivity index (χ1v) is 8.81. The molecular formula is C23H23NO2. The number of hydrogen-bond acceptors (Lipinski definition) is 2. The molecule has 3 rings (SSSR count). The van der Waals surface area contributed by atoms with Gasteiger partial charge in [0.1, 0.15) is 0 Å². The summed E-state index contributed by atoms with van der Waals surface area (Å²) in [4.78, 5) is 14.7. The van der Waals surface area contributed by atoms with Crippen LogP contribution in [0.2, 0.25) is 0 Å². The third-order valence-electron chi connectivity index (χ3n) is 4.34. The Kier molecular flexibility index (Phi) is 6.18. The van der Waals surface area contributed by atoms with Gasteiger partial charge < -0.3 is 10.0 Å². The monoisotopic (exact) mass is 345 g/mol. The quantitative estimate of drug-likeness (QED) is 0.692. The normalized spacial score (nSPS) is 11.7. The summed E-state index contributed by atoms with van der Waals surface area (Å²) in [5.74, 6) is -0.0611. The predicted molar refractivity (Wildman–Crippen MR) is 103 cm³/mol. The summed E-state index contributed by atoms with van der Waals surface area (Å²) in [5, 5.41) is 10.4. The Balaban J connectivity index is 1.74. The third kappa shape index (κ3) is 5.04. The fraction of sp³-hybridized carbons (Fsp3) is 0.174. The molecule has 3 heteroatoms. The maximum atomic E-state index is 12.9. The van der Waals surface area contributed by atoms with Gasteiger partial charge in [-0.15, -0.1) is 0 Å². The van der Waals surface area contributed by atoms with Gasteiger partial charge in [-0.3, -0.25) is 4.79 Å². The molecule has 3 nitrogen and oxygen atoms in total. The Bertz CT molecular complexity index is 762. The van der Waals surface area contributed by atoms with E-state index in [1.54, 1.807) is 4.90 Å². The van der Waals surface area contributed by atoms with Gasteiger partial charge >= 0.3 is 0 Å². The van der Waals surface area contributed by atoms with E-state index in [2.05, 4.69) is 0 Å². The van der Waals surface area contributed by atoms with Gasteiger partial charge in [-0.25, -0.2) is 0 Å². The minimum Gasteiger partial charge on any atom is -0.388 e. The van der Waals surface area contributed by atoms with Crippen molar-refractivity contribution in [2.24, 2.45) is 0 Å². The van der Waals surface area contributed by atoms with Crippen LogP contribution in [0.15, 0.2) is 91.0 Å². The van der Waals surface area contributed by atoms with Gasteiger partial charge in [-0.1, -0.05) is 91.0 Å². The summed E-state index contributed by atoms with van der Waals surface area (Å²) in [6, 6.07) is 29.2. The summed E-state index contributed by atoms with van der Waals surface area (Å²) in [6.45, 7) is 1.05. The van der Waals surface area contributed by atoms with Crippen molar-refractivity contribution in [1.29, 1.82) is 0 Å². The van der Waals surface area contributed by atoms with Gasteiger partial charge in [0.15, 0.2) is 0 Å². The molecule has 0 aliphatic heterocycles. The first kappa shape index (κ1) is 17.9. The lowest BCUT2D eigenvalue weighted by atomic mass is 10.1. The molecule has 0 fully saturated rings. The van der Waals surface area contributed by atoms with Gasteiger partial charge in [0.05, 0.1) is 12.5 Å². The van der Waals surface area contributed by atoms with Gasteiger partial charge in [0.2, 0.25) is 5.91 Å². The van der Waals surface area contributed by atoms with E-state index >= 15 is 0 Å². The van der Waals surface area contributed by atoms with Crippen LogP contribution in [0.1, 0.15) is 29.2 Å². The largest absolute Gasteiger partial charge is 0.388 e. The molecule has 3 aromatic rings. The van der Waals surface area contributed by atoms with Crippen molar-refractivity contribution in [2.45, 2.75) is 25.6 Å². The van der Waals surface area contributed by atoms with Crippen molar-refractivity contribution in [1.82, 2.24) is 4.90 Å². The summed E-state index contributed by atoms with van der Waals surface area (Å²) in [6.07, 6.45) is -0.721. The van der Waals surface area contributed by atoms with Crippen LogP contribution >= 0.6 is 0 Å². The van der Waals surface area contributed by atoms with E-state index in [4.69, 9.17) is 0 Å². The zero-order valence-electron chi connectivity index (χ0n) is 14.7. The minimum atomic E-state index is -0.794. The van der Waals surface area contributed by atoms with Crippen LogP contribution in [0.3, 0.4) is 0 Å². The molecule has 1 amide bonds. The summed E-state index contributed by atoms with van der Waals surface area (Å²) < 4.78 is 0. The molecule has 0 aliphatic rings. The molecule has 1 N–H and O–H groups in total. The van der Waals surface area contributed by atoms with Gasteiger partial charge in [-0.05, 0) is 16.7 Å². The predicted octanol–water partition coefficient (Wildman–Crippen LogP) is 4.34. The van der Waals surface area contributed by atoms with Crippen LogP contribution in [0.4, 0.5) is 0 Å². The second-order valence-electron chi connectivity index (χ2n) is 6.35. The van der Waals surface area contributed by atoms with E-state index in [1.165, 1.54) is 0 Å². The van der Waals surface area contributed by atoms with E-state index in [1.807, 2.05) is 91.0 Å². The van der Waals surface area contributed by atoms with Crippen molar-refractivity contribution >= 4 is 5.91 Å². The smallest absolute Gasteiger partial charge is 0.226 e. The zero-order valence-corrected chi connectivity index (χ0v) is 14.7. The lowest BCUT2D eigenvalue weighted by molar-refractivity contribution is -0.134. The first-order chi connectivity index (χ1) is 12.7. The molecule has 0 radical (unpaired) electrons. The first-order valence-electron chi connectivity index (χ1n) is 8.81. The SMILES string of the molecule is O=C(C[C@H](O)c1ccccc1)N(Cc1ccccc1)Cc1ccccc1. The average Bonchev–Trinajstić information content (AvgIpc) is 2.69. The number of nitrogens with zero attached hydrogens (tertiary/aromatic N) is 1. The Hall–Kier alpha value is -2.91. The van der Waals surface area contributed by atoms with Crippen LogP contribution in [0, 0.1) is 0 Å². The Labute approximate surface area is 154 Å². The average molecular weight is 345 g/mol. The molecule has 0 saturated carbocycles. The Morgan fingerprint density at radius 3 is 1.62 bits per heavy atom. The maximum Gasteiger partial charge on any atom is 0.226 e. The minimum absolute atomic E-state index is 0.0611. The van der Waals surface area contributed by atoms with Crippen LogP contribution in [0.25, 0.3) is 0 Å². The molecule has 0 heterocycles. The number of carbonyl (C=O) groups is 1. The number of rotatable bonds is 7. The number of aliphatic hydroxyl groups is 1. The van der Waals surface area contributed by atoms with Crippen molar-refractivity contribution in [3.05, 3.63) is 108 Å². The molecule has 0 aliphatic carbocycles. The van der Waals surface area contributed by atoms with Crippen molar-refractivity contribution in [3.63, 3.8) is 0 Å². The highest BCUT2D eigenvalue weighted by molar-refractivity contribution is 5.77.